The molecule has 0 bridgehead atoms. The molecule has 0 spiro atoms. The van der Waals surface area contributed by atoms with Gasteiger partial charge in [0.05, 0.1) is 23.2 Å². The number of carboxylic acids is 1. The molecule has 0 unspecified atom stereocenters. The van der Waals surface area contributed by atoms with Crippen LogP contribution in [0.2, 0.25) is 0 Å². The maximum Gasteiger partial charge on any atom is 0.337 e. The number of hydrogen-bond donors (Lipinski definition) is 1. The van der Waals surface area contributed by atoms with E-state index in [0.29, 0.717) is 29.3 Å². The lowest BCUT2D eigenvalue weighted by molar-refractivity contribution is -0.160. The molecule has 1 saturated heterocycles. The molecule has 1 aliphatic rings. The number of anilines is 1. The average molecular weight is 519 g/mol. The zero-order chi connectivity index (χ0) is 27.5. The fourth-order valence-electron chi connectivity index (χ4n) is 4.64. The highest BCUT2D eigenvalue weighted by molar-refractivity contribution is 5.85. The van der Waals surface area contributed by atoms with Crippen molar-refractivity contribution in [3.05, 3.63) is 65.9 Å². The fraction of sp³-hybridized carbons (Fsp3) is 0.467. The smallest absolute Gasteiger partial charge is 0.337 e. The first-order valence-electron chi connectivity index (χ1n) is 13.1. The first-order chi connectivity index (χ1) is 17.9. The van der Waals surface area contributed by atoms with Crippen LogP contribution in [0.5, 0.6) is 5.75 Å². The van der Waals surface area contributed by atoms with Gasteiger partial charge in [-0.3, -0.25) is 15.0 Å². The number of aliphatic carboxylic acids is 1. The third kappa shape index (κ3) is 6.67. The summed E-state index contributed by atoms with van der Waals surface area (Å²) in [7, 11) is 0. The molecule has 8 nitrogen and oxygen atoms in total. The molecule has 1 atom stereocenters. The van der Waals surface area contributed by atoms with Gasteiger partial charge in [0.25, 0.3) is 0 Å². The monoisotopic (exact) mass is 518 g/mol. The highest BCUT2D eigenvalue weighted by atomic mass is 16.5. The lowest BCUT2D eigenvalue weighted by Crippen LogP contribution is -2.39. The van der Waals surface area contributed by atoms with E-state index in [4.69, 9.17) is 14.5 Å². The highest BCUT2D eigenvalue weighted by Crippen LogP contribution is 2.43. The molecule has 202 valence electrons. The zero-order valence-corrected chi connectivity index (χ0v) is 23.2. The predicted octanol–water partition coefficient (Wildman–Crippen LogP) is 5.99. The lowest BCUT2D eigenvalue weighted by Gasteiger charge is -2.40. The van der Waals surface area contributed by atoms with Crippen LogP contribution < -0.4 is 9.64 Å². The summed E-state index contributed by atoms with van der Waals surface area (Å²) in [4.78, 5) is 28.2. The molecule has 0 radical (unpaired) electrons. The fourth-order valence-corrected chi connectivity index (χ4v) is 4.64. The van der Waals surface area contributed by atoms with Crippen LogP contribution in [-0.4, -0.2) is 44.7 Å². The summed E-state index contributed by atoms with van der Waals surface area (Å²) in [5.41, 5.74) is 4.15. The van der Waals surface area contributed by atoms with Crippen molar-refractivity contribution in [2.75, 3.05) is 18.0 Å². The Morgan fingerprint density at radius 2 is 1.76 bits per heavy atom. The Balaban J connectivity index is 1.74. The van der Waals surface area contributed by atoms with Gasteiger partial charge in [-0.2, -0.15) is 0 Å². The summed E-state index contributed by atoms with van der Waals surface area (Å²) in [6.45, 7) is 14.0. The third-order valence-electron chi connectivity index (χ3n) is 6.85. The van der Waals surface area contributed by atoms with Crippen molar-refractivity contribution in [1.82, 2.24) is 15.0 Å². The van der Waals surface area contributed by atoms with Crippen LogP contribution in [0, 0.1) is 12.3 Å². The normalized spacial score (nSPS) is 16.2. The van der Waals surface area contributed by atoms with E-state index in [2.05, 4.69) is 28.7 Å². The van der Waals surface area contributed by atoms with Crippen molar-refractivity contribution in [3.8, 4) is 17.0 Å². The van der Waals surface area contributed by atoms with Crippen LogP contribution in [0.3, 0.4) is 0 Å². The standard InChI is InChI=1S/C30H38N4O4/c1-20-25(27(28(35)36)38-29(2,3)4)26(34-15-11-30(5,6)12-16-34)23(18-32-20)24-8-7-22(17-33-24)37-19-21-9-13-31-14-10-21/h7-10,13-14,17-18,27H,11-12,15-16,19H2,1-6H3,(H,35,36)/t27-/m0/s1. The molecule has 1 aliphatic heterocycles. The van der Waals surface area contributed by atoms with Gasteiger partial charge in [-0.05, 0) is 75.8 Å². The zero-order valence-electron chi connectivity index (χ0n) is 23.2. The number of aryl methyl sites for hydroxylation is 1. The van der Waals surface area contributed by atoms with Crippen molar-refractivity contribution >= 4 is 11.7 Å². The summed E-state index contributed by atoms with van der Waals surface area (Å²) < 4.78 is 12.0. The number of ether oxygens (including phenoxy) is 2. The topological polar surface area (TPSA) is 97.7 Å². The van der Waals surface area contributed by atoms with Gasteiger partial charge in [0.1, 0.15) is 12.4 Å². The summed E-state index contributed by atoms with van der Waals surface area (Å²) in [5, 5.41) is 10.3. The van der Waals surface area contributed by atoms with Crippen LogP contribution in [0.15, 0.2) is 49.1 Å². The molecule has 1 N–H and O–H groups in total. The Bertz CT molecular complexity index is 1240. The van der Waals surface area contributed by atoms with Crippen molar-refractivity contribution in [2.45, 2.75) is 72.7 Å². The van der Waals surface area contributed by atoms with Gasteiger partial charge < -0.3 is 19.5 Å². The number of carboxylic acid groups (broad SMARTS) is 1. The molecule has 1 fully saturated rings. The van der Waals surface area contributed by atoms with Crippen LogP contribution in [0.4, 0.5) is 5.69 Å². The van der Waals surface area contributed by atoms with Crippen LogP contribution in [0.25, 0.3) is 11.3 Å². The van der Waals surface area contributed by atoms with E-state index in [-0.39, 0.29) is 5.41 Å². The second-order valence-corrected chi connectivity index (χ2v) is 11.6. The Hall–Kier alpha value is -3.52. The molecule has 0 aliphatic carbocycles. The van der Waals surface area contributed by atoms with Crippen molar-refractivity contribution in [3.63, 3.8) is 0 Å². The summed E-state index contributed by atoms with van der Waals surface area (Å²) in [6.07, 6.45) is 7.80. The molecule has 3 aromatic rings. The number of hydrogen-bond acceptors (Lipinski definition) is 7. The Morgan fingerprint density at radius 1 is 1.08 bits per heavy atom. The van der Waals surface area contributed by atoms with Crippen molar-refractivity contribution in [2.24, 2.45) is 5.41 Å². The Morgan fingerprint density at radius 3 is 2.34 bits per heavy atom. The van der Waals surface area contributed by atoms with Crippen molar-refractivity contribution < 1.29 is 19.4 Å². The highest BCUT2D eigenvalue weighted by Gasteiger charge is 2.36. The summed E-state index contributed by atoms with van der Waals surface area (Å²) >= 11 is 0. The average Bonchev–Trinajstić information content (AvgIpc) is 2.86. The molecule has 0 saturated carbocycles. The molecular weight excluding hydrogens is 480 g/mol. The van der Waals surface area contributed by atoms with E-state index in [9.17, 15) is 9.90 Å². The minimum atomic E-state index is -1.16. The van der Waals surface area contributed by atoms with E-state index >= 15 is 0 Å². The van der Waals surface area contributed by atoms with Gasteiger partial charge in [0.15, 0.2) is 6.10 Å². The third-order valence-corrected chi connectivity index (χ3v) is 6.85. The molecule has 4 rings (SSSR count). The number of pyridine rings is 3. The van der Waals surface area contributed by atoms with E-state index in [0.717, 1.165) is 42.7 Å². The minimum Gasteiger partial charge on any atom is -0.487 e. The van der Waals surface area contributed by atoms with E-state index in [1.807, 2.05) is 52.0 Å². The molecule has 0 aromatic carbocycles. The van der Waals surface area contributed by atoms with Gasteiger partial charge in [-0.15, -0.1) is 0 Å². The summed E-state index contributed by atoms with van der Waals surface area (Å²) in [6, 6.07) is 7.60. The van der Waals surface area contributed by atoms with Gasteiger partial charge in [0.2, 0.25) is 0 Å². The SMILES string of the molecule is Cc1ncc(-c2ccc(OCc3ccncc3)cn2)c(N2CCC(C)(C)CC2)c1[C@H](OC(C)(C)C)C(=O)O. The van der Waals surface area contributed by atoms with Crippen molar-refractivity contribution in [1.29, 1.82) is 0 Å². The second kappa shape index (κ2) is 11.1. The number of carbonyl (C=O) groups is 1. The van der Waals surface area contributed by atoms with E-state index in [1.165, 1.54) is 0 Å². The maximum atomic E-state index is 12.5. The van der Waals surface area contributed by atoms with Crippen LogP contribution in [-0.2, 0) is 16.1 Å². The molecule has 38 heavy (non-hydrogen) atoms. The molecule has 8 heteroatoms. The van der Waals surface area contributed by atoms with Gasteiger partial charge in [0, 0.05) is 48.5 Å². The lowest BCUT2D eigenvalue weighted by atomic mass is 9.82. The maximum absolute atomic E-state index is 12.5. The predicted molar refractivity (Wildman–Crippen MR) is 147 cm³/mol. The molecule has 3 aromatic heterocycles. The molecule has 4 heterocycles. The van der Waals surface area contributed by atoms with Gasteiger partial charge in [-0.1, -0.05) is 13.8 Å². The Labute approximate surface area is 225 Å². The molecular formula is C30H38N4O4. The van der Waals surface area contributed by atoms with Gasteiger partial charge >= 0.3 is 5.97 Å². The number of piperidine rings is 1. The minimum absolute atomic E-state index is 0.235. The van der Waals surface area contributed by atoms with Crippen LogP contribution >= 0.6 is 0 Å². The van der Waals surface area contributed by atoms with E-state index in [1.54, 1.807) is 24.8 Å². The quantitative estimate of drug-likeness (QED) is 0.388. The Kier molecular flexibility index (Phi) is 8.02. The van der Waals surface area contributed by atoms with E-state index < -0.39 is 17.7 Å². The van der Waals surface area contributed by atoms with Gasteiger partial charge in [-0.25, -0.2) is 4.79 Å². The second-order valence-electron chi connectivity index (χ2n) is 11.6. The number of nitrogens with zero attached hydrogens (tertiary/aromatic N) is 4. The first-order valence-corrected chi connectivity index (χ1v) is 13.1. The number of rotatable bonds is 8. The summed E-state index contributed by atoms with van der Waals surface area (Å²) in [5.74, 6) is -0.389. The number of aromatic nitrogens is 3. The largest absolute Gasteiger partial charge is 0.487 e. The first kappa shape index (κ1) is 27.5. The van der Waals surface area contributed by atoms with Crippen LogP contribution in [0.1, 0.15) is 70.4 Å². The molecule has 0 amide bonds.